The van der Waals surface area contributed by atoms with Gasteiger partial charge in [0.1, 0.15) is 19.3 Å². The van der Waals surface area contributed by atoms with Crippen LogP contribution < -0.4 is 0 Å². The number of rotatable bonds is 90. The van der Waals surface area contributed by atoms with Crippen molar-refractivity contribution in [3.63, 3.8) is 0 Å². The molecule has 0 aliphatic carbocycles. The van der Waals surface area contributed by atoms with Crippen molar-refractivity contribution in [3.05, 3.63) is 0 Å². The van der Waals surface area contributed by atoms with Gasteiger partial charge in [0.2, 0.25) is 0 Å². The van der Waals surface area contributed by atoms with Crippen LogP contribution in [0.2, 0.25) is 0 Å². The number of ether oxygens (including phenoxy) is 4. The molecule has 0 aliphatic rings. The zero-order chi connectivity index (χ0) is 82.3. The van der Waals surface area contributed by atoms with Crippen LogP contribution in [-0.4, -0.2) is 96.7 Å². The lowest BCUT2D eigenvalue weighted by molar-refractivity contribution is -0.161. The fraction of sp³-hybridized carbons (Fsp3) is 0.957. The van der Waals surface area contributed by atoms with Crippen LogP contribution in [0, 0.1) is 23.7 Å². The summed E-state index contributed by atoms with van der Waals surface area (Å²) in [7, 11) is -9.94. The van der Waals surface area contributed by atoms with E-state index >= 15 is 0 Å². The summed E-state index contributed by atoms with van der Waals surface area (Å²) in [5.74, 6) is 1.08. The van der Waals surface area contributed by atoms with E-state index in [2.05, 4.69) is 55.4 Å². The number of carbonyl (C=O) groups excluding carboxylic acids is 4. The third kappa shape index (κ3) is 85.9. The van der Waals surface area contributed by atoms with Gasteiger partial charge in [0.05, 0.1) is 26.4 Å². The number of unbranched alkanes of at least 4 members (excludes halogenated alkanes) is 56. The molecule has 0 saturated carbocycles. The molecule has 2 unspecified atom stereocenters. The molecule has 0 heterocycles. The minimum Gasteiger partial charge on any atom is -0.462 e. The zero-order valence-corrected chi connectivity index (χ0v) is 76.1. The first-order chi connectivity index (χ1) is 54.1. The number of hydrogen-bond acceptors (Lipinski definition) is 15. The fourth-order valence-electron chi connectivity index (χ4n) is 14.6. The smallest absolute Gasteiger partial charge is 0.462 e. The number of hydrogen-bond donors (Lipinski definition) is 3. The second-order valence-electron chi connectivity index (χ2n) is 35.3. The summed E-state index contributed by atoms with van der Waals surface area (Å²) in [6.45, 7) is 14.4. The second kappa shape index (κ2) is 81.4. The number of esters is 4. The van der Waals surface area contributed by atoms with Gasteiger partial charge in [-0.05, 0) is 49.4 Å². The predicted octanol–water partition coefficient (Wildman–Crippen LogP) is 28.7. The molecule has 0 aromatic carbocycles. The summed E-state index contributed by atoms with van der Waals surface area (Å²) < 4.78 is 69.1. The third-order valence-corrected chi connectivity index (χ3v) is 23.7. The standard InChI is InChI=1S/C93H182O17P2/c1-83(2)69-61-53-45-37-31-25-19-13-9-11-15-22-28-34-40-49-57-65-73-90(95)103-79-88(109-92(97)75-67-59-51-41-35-29-23-16-12-10-14-20-26-32-38-46-54-62-70-84(3)4)81-107-111(99,100)105-77-87(94)78-106-112(101,102)108-82-89(80-104-91(96)74-66-58-50-44-43-48-56-64-72-86(7)8)110-93(98)76-68-60-52-42-36-30-24-18-17-21-27-33-39-47-55-63-71-85(5)6/h83-89,94H,9-82H2,1-8H3,(H,99,100)(H,101,102)/t87-,88-,89-/m1/s1. The molecule has 17 nitrogen and oxygen atoms in total. The molecule has 112 heavy (non-hydrogen) atoms. The Morgan fingerprint density at radius 1 is 0.223 bits per heavy atom. The average Bonchev–Trinajstić information content (AvgIpc) is 0.892. The van der Waals surface area contributed by atoms with Crippen molar-refractivity contribution in [2.24, 2.45) is 23.7 Å². The van der Waals surface area contributed by atoms with Crippen LogP contribution in [0.25, 0.3) is 0 Å². The van der Waals surface area contributed by atoms with E-state index in [0.29, 0.717) is 25.7 Å². The summed E-state index contributed by atoms with van der Waals surface area (Å²) in [6.07, 6.45) is 73.8. The van der Waals surface area contributed by atoms with Crippen LogP contribution in [0.15, 0.2) is 0 Å². The Balaban J connectivity index is 5.23. The van der Waals surface area contributed by atoms with Crippen LogP contribution >= 0.6 is 15.6 Å². The molecule has 0 radical (unpaired) electrons. The largest absolute Gasteiger partial charge is 0.472 e. The van der Waals surface area contributed by atoms with Crippen molar-refractivity contribution in [2.75, 3.05) is 39.6 Å². The topological polar surface area (TPSA) is 237 Å². The van der Waals surface area contributed by atoms with Crippen molar-refractivity contribution in [2.45, 2.75) is 510 Å². The van der Waals surface area contributed by atoms with Gasteiger partial charge in [0.15, 0.2) is 12.2 Å². The number of phosphoric ester groups is 2. The summed E-state index contributed by atoms with van der Waals surface area (Å²) in [4.78, 5) is 73.5. The Labute approximate surface area is 689 Å². The quantitative estimate of drug-likeness (QED) is 0.0222. The Kier molecular flexibility index (Phi) is 80.0. The highest BCUT2D eigenvalue weighted by Crippen LogP contribution is 2.45. The Morgan fingerprint density at radius 3 is 0.554 bits per heavy atom. The first-order valence-corrected chi connectivity index (χ1v) is 50.7. The normalized spacial score (nSPS) is 13.8. The maximum Gasteiger partial charge on any atom is 0.472 e. The third-order valence-electron chi connectivity index (χ3n) is 21.8. The second-order valence-corrected chi connectivity index (χ2v) is 38.2. The van der Waals surface area contributed by atoms with Gasteiger partial charge in [-0.25, -0.2) is 9.13 Å². The molecule has 0 rings (SSSR count). The van der Waals surface area contributed by atoms with Gasteiger partial charge < -0.3 is 33.8 Å². The highest BCUT2D eigenvalue weighted by molar-refractivity contribution is 7.47. The minimum absolute atomic E-state index is 0.107. The van der Waals surface area contributed by atoms with Crippen LogP contribution in [0.1, 0.15) is 492 Å². The lowest BCUT2D eigenvalue weighted by atomic mass is 10.0. The van der Waals surface area contributed by atoms with E-state index in [0.717, 1.165) is 114 Å². The lowest BCUT2D eigenvalue weighted by Crippen LogP contribution is -2.30. The molecule has 0 aliphatic heterocycles. The van der Waals surface area contributed by atoms with E-state index in [1.54, 1.807) is 0 Å². The highest BCUT2D eigenvalue weighted by Gasteiger charge is 2.31. The molecule has 0 saturated heterocycles. The van der Waals surface area contributed by atoms with Crippen molar-refractivity contribution in [1.82, 2.24) is 0 Å². The lowest BCUT2D eigenvalue weighted by Gasteiger charge is -2.21. The van der Waals surface area contributed by atoms with Crippen LogP contribution in [0.3, 0.4) is 0 Å². The molecule has 3 N–H and O–H groups in total. The summed E-state index contributed by atoms with van der Waals surface area (Å²) >= 11 is 0. The van der Waals surface area contributed by atoms with E-state index < -0.39 is 97.5 Å². The molecule has 5 atom stereocenters. The van der Waals surface area contributed by atoms with Crippen LogP contribution in [0.4, 0.5) is 0 Å². The fourth-order valence-corrected chi connectivity index (χ4v) is 16.1. The SMILES string of the molecule is CC(C)CCCCCCCCCCCCCCCCCCCCC(=O)OC[C@H](COP(=O)(O)OC[C@@H](O)COP(=O)(O)OC[C@@H](COC(=O)CCCCCCCCCCC(C)C)OC(=O)CCCCCCCCCCCCCCCCCCC(C)C)OC(=O)CCCCCCCCCCCCCCCCCCCCC(C)C. The summed E-state index contributed by atoms with van der Waals surface area (Å²) in [5.41, 5.74) is 0. The average molecular weight is 1630 g/mol. The minimum atomic E-state index is -4.97. The van der Waals surface area contributed by atoms with Gasteiger partial charge in [-0.15, -0.1) is 0 Å². The van der Waals surface area contributed by atoms with Gasteiger partial charge in [0, 0.05) is 25.7 Å². The van der Waals surface area contributed by atoms with E-state index in [-0.39, 0.29) is 25.7 Å². The molecule has 19 heteroatoms. The summed E-state index contributed by atoms with van der Waals surface area (Å²) in [6, 6.07) is 0. The molecular weight excluding hydrogens is 1450 g/mol. The predicted molar refractivity (Wildman–Crippen MR) is 464 cm³/mol. The van der Waals surface area contributed by atoms with Crippen molar-refractivity contribution in [3.8, 4) is 0 Å². The van der Waals surface area contributed by atoms with Gasteiger partial charge in [-0.3, -0.25) is 37.3 Å². The molecule has 0 aromatic rings. The molecule has 0 aromatic heterocycles. The maximum atomic E-state index is 13.2. The van der Waals surface area contributed by atoms with E-state index in [4.69, 9.17) is 37.0 Å². The van der Waals surface area contributed by atoms with Crippen LogP contribution in [0.5, 0.6) is 0 Å². The van der Waals surface area contributed by atoms with Gasteiger partial charge >= 0.3 is 39.5 Å². The van der Waals surface area contributed by atoms with E-state index in [1.165, 1.54) is 295 Å². The van der Waals surface area contributed by atoms with E-state index in [1.807, 2.05) is 0 Å². The van der Waals surface area contributed by atoms with Crippen molar-refractivity contribution in [1.29, 1.82) is 0 Å². The van der Waals surface area contributed by atoms with Crippen molar-refractivity contribution < 1.29 is 80.2 Å². The Bertz CT molecular complexity index is 2160. The first-order valence-electron chi connectivity index (χ1n) is 47.7. The monoisotopic (exact) mass is 1630 g/mol. The van der Waals surface area contributed by atoms with Gasteiger partial charge in [-0.2, -0.15) is 0 Å². The first kappa shape index (κ1) is 110. The number of aliphatic hydroxyl groups excluding tert-OH is 1. The number of carbonyl (C=O) groups is 4. The molecule has 0 amide bonds. The zero-order valence-electron chi connectivity index (χ0n) is 74.3. The molecule has 666 valence electrons. The Hall–Kier alpha value is -1.94. The van der Waals surface area contributed by atoms with Gasteiger partial charge in [-0.1, -0.05) is 441 Å². The van der Waals surface area contributed by atoms with Crippen molar-refractivity contribution >= 4 is 39.5 Å². The number of aliphatic hydroxyl groups is 1. The molecular formula is C93H182O17P2. The molecule has 0 bridgehead atoms. The van der Waals surface area contributed by atoms with Crippen LogP contribution in [-0.2, 0) is 65.4 Å². The number of phosphoric acid groups is 2. The highest BCUT2D eigenvalue weighted by atomic mass is 31.2. The molecule has 0 spiro atoms. The van der Waals surface area contributed by atoms with Gasteiger partial charge in [0.25, 0.3) is 0 Å². The Morgan fingerprint density at radius 2 is 0.375 bits per heavy atom. The summed E-state index contributed by atoms with van der Waals surface area (Å²) in [5, 5.41) is 10.7. The maximum absolute atomic E-state index is 13.2. The molecule has 0 fully saturated rings. The van der Waals surface area contributed by atoms with E-state index in [9.17, 15) is 43.2 Å².